The zero-order valence-electron chi connectivity index (χ0n) is 9.83. The second-order valence-electron chi connectivity index (χ2n) is 3.70. The molecule has 0 bridgehead atoms. The van der Waals surface area contributed by atoms with Crippen LogP contribution in [0.15, 0.2) is 30.3 Å². The second kappa shape index (κ2) is 6.25. The highest BCUT2D eigenvalue weighted by Gasteiger charge is 1.92. The van der Waals surface area contributed by atoms with Crippen LogP contribution in [0.5, 0.6) is 0 Å². The molecule has 0 heterocycles. The topological polar surface area (TPSA) is 15.3 Å². The fraction of sp³-hybridized carbons (Fsp3) is 0.385. The zero-order chi connectivity index (χ0) is 11.1. The van der Waals surface area contributed by atoms with Gasteiger partial charge in [-0.1, -0.05) is 31.2 Å². The maximum Gasteiger partial charge on any atom is 0.0361 e. The lowest BCUT2D eigenvalue weighted by Gasteiger charge is -2.11. The van der Waals surface area contributed by atoms with Crippen LogP contribution in [0.2, 0.25) is 0 Å². The summed E-state index contributed by atoms with van der Waals surface area (Å²) >= 11 is 0. The van der Waals surface area contributed by atoms with Crippen LogP contribution in [0, 0.1) is 0 Å². The van der Waals surface area contributed by atoms with E-state index in [9.17, 15) is 0 Å². The van der Waals surface area contributed by atoms with Gasteiger partial charge in [-0.25, -0.2) is 0 Å². The van der Waals surface area contributed by atoms with Gasteiger partial charge < -0.3 is 10.2 Å². The van der Waals surface area contributed by atoms with Gasteiger partial charge in [0.05, 0.1) is 0 Å². The lowest BCUT2D eigenvalue weighted by Crippen LogP contribution is -2.11. The van der Waals surface area contributed by atoms with Crippen molar-refractivity contribution in [3.63, 3.8) is 0 Å². The first kappa shape index (κ1) is 11.8. The third kappa shape index (κ3) is 4.17. The van der Waals surface area contributed by atoms with E-state index in [1.54, 1.807) is 0 Å². The van der Waals surface area contributed by atoms with Gasteiger partial charge in [-0.15, -0.1) is 0 Å². The predicted molar refractivity (Wildman–Crippen MR) is 68.3 cm³/mol. The quantitative estimate of drug-likeness (QED) is 0.741. The van der Waals surface area contributed by atoms with Crippen LogP contribution in [-0.4, -0.2) is 27.2 Å². The number of nitrogens with zero attached hydrogens (tertiary/aromatic N) is 1. The fourth-order valence-electron chi connectivity index (χ4n) is 1.31. The first-order valence-corrected chi connectivity index (χ1v) is 5.38. The largest absolute Gasteiger partial charge is 0.378 e. The Bertz CT molecular complexity index is 299. The predicted octanol–water partition coefficient (Wildman–Crippen LogP) is 2.38. The third-order valence-corrected chi connectivity index (χ3v) is 2.23. The smallest absolute Gasteiger partial charge is 0.0361 e. The third-order valence-electron chi connectivity index (χ3n) is 2.23. The van der Waals surface area contributed by atoms with Gasteiger partial charge in [-0.3, -0.25) is 0 Å². The van der Waals surface area contributed by atoms with Gasteiger partial charge in [-0.2, -0.15) is 0 Å². The molecule has 0 aromatic heterocycles. The highest BCUT2D eigenvalue weighted by Crippen LogP contribution is 2.12. The number of hydrogen-bond acceptors (Lipinski definition) is 2. The van der Waals surface area contributed by atoms with E-state index in [2.05, 4.69) is 67.7 Å². The van der Waals surface area contributed by atoms with Crippen molar-refractivity contribution < 1.29 is 0 Å². The highest BCUT2D eigenvalue weighted by atomic mass is 15.1. The zero-order valence-corrected chi connectivity index (χ0v) is 9.83. The minimum Gasteiger partial charge on any atom is -0.378 e. The Morgan fingerprint density at radius 3 is 2.40 bits per heavy atom. The molecule has 1 N–H and O–H groups in total. The Morgan fingerprint density at radius 1 is 1.20 bits per heavy atom. The van der Waals surface area contributed by atoms with Crippen molar-refractivity contribution in [2.75, 3.05) is 32.1 Å². The first-order valence-electron chi connectivity index (χ1n) is 5.38. The molecule has 0 fully saturated rings. The van der Waals surface area contributed by atoms with Crippen LogP contribution in [-0.2, 0) is 0 Å². The number of nitrogens with one attached hydrogen (secondary N) is 1. The summed E-state index contributed by atoms with van der Waals surface area (Å²) in [5.74, 6) is 0. The maximum absolute atomic E-state index is 3.25. The van der Waals surface area contributed by atoms with Crippen LogP contribution in [0.25, 0.3) is 6.08 Å². The summed E-state index contributed by atoms with van der Waals surface area (Å²) in [7, 11) is 4.10. The van der Waals surface area contributed by atoms with Gasteiger partial charge in [0.1, 0.15) is 0 Å². The number of anilines is 1. The van der Waals surface area contributed by atoms with E-state index < -0.39 is 0 Å². The van der Waals surface area contributed by atoms with Crippen molar-refractivity contribution in [1.29, 1.82) is 0 Å². The molecule has 1 aromatic rings. The molecule has 0 atom stereocenters. The molecular weight excluding hydrogens is 184 g/mol. The molecule has 15 heavy (non-hydrogen) atoms. The normalized spacial score (nSPS) is 10.9. The van der Waals surface area contributed by atoms with Gasteiger partial charge in [0.15, 0.2) is 0 Å². The molecule has 0 aliphatic carbocycles. The van der Waals surface area contributed by atoms with E-state index in [-0.39, 0.29) is 0 Å². The first-order chi connectivity index (χ1) is 7.24. The molecule has 0 saturated carbocycles. The molecule has 0 aliphatic rings. The van der Waals surface area contributed by atoms with Crippen LogP contribution in [0.1, 0.15) is 12.5 Å². The number of hydrogen-bond donors (Lipinski definition) is 1. The lowest BCUT2D eigenvalue weighted by atomic mass is 10.2. The average molecular weight is 204 g/mol. The van der Waals surface area contributed by atoms with Crippen molar-refractivity contribution >= 4 is 11.8 Å². The molecule has 2 heteroatoms. The maximum atomic E-state index is 3.25. The monoisotopic (exact) mass is 204 g/mol. The summed E-state index contributed by atoms with van der Waals surface area (Å²) in [6, 6.07) is 8.54. The molecule has 2 nitrogen and oxygen atoms in total. The summed E-state index contributed by atoms with van der Waals surface area (Å²) in [6.07, 6.45) is 4.29. The Labute approximate surface area is 92.6 Å². The number of benzene rings is 1. The minimum absolute atomic E-state index is 0.936. The Balaban J connectivity index is 2.53. The van der Waals surface area contributed by atoms with E-state index >= 15 is 0 Å². The van der Waals surface area contributed by atoms with Crippen LogP contribution in [0.4, 0.5) is 5.69 Å². The van der Waals surface area contributed by atoms with Gasteiger partial charge in [0.25, 0.3) is 0 Å². The van der Waals surface area contributed by atoms with E-state index in [4.69, 9.17) is 0 Å². The Kier molecular flexibility index (Phi) is 4.91. The van der Waals surface area contributed by atoms with Crippen molar-refractivity contribution in [2.45, 2.75) is 6.92 Å². The Morgan fingerprint density at radius 2 is 1.87 bits per heavy atom. The van der Waals surface area contributed by atoms with Gasteiger partial charge in [-0.05, 0) is 24.2 Å². The number of rotatable bonds is 5. The molecule has 0 saturated heterocycles. The lowest BCUT2D eigenvalue weighted by molar-refractivity contribution is 0.801. The van der Waals surface area contributed by atoms with Crippen molar-refractivity contribution in [2.24, 2.45) is 0 Å². The molecule has 0 spiro atoms. The average Bonchev–Trinajstić information content (AvgIpc) is 2.25. The number of likely N-dealkylation sites (N-methyl/N-ethyl adjacent to an activating group) is 1. The fourth-order valence-corrected chi connectivity index (χ4v) is 1.31. The molecule has 1 aromatic carbocycles. The summed E-state index contributed by atoms with van der Waals surface area (Å²) in [5, 5.41) is 3.25. The second-order valence-corrected chi connectivity index (χ2v) is 3.70. The Hall–Kier alpha value is -1.28. The summed E-state index contributed by atoms with van der Waals surface area (Å²) in [6.45, 7) is 4.07. The van der Waals surface area contributed by atoms with E-state index in [1.165, 1.54) is 11.3 Å². The molecule has 1 rings (SSSR count). The van der Waals surface area contributed by atoms with Gasteiger partial charge >= 0.3 is 0 Å². The van der Waals surface area contributed by atoms with Gasteiger partial charge in [0.2, 0.25) is 0 Å². The van der Waals surface area contributed by atoms with Crippen LogP contribution >= 0.6 is 0 Å². The van der Waals surface area contributed by atoms with Crippen LogP contribution in [0.3, 0.4) is 0 Å². The van der Waals surface area contributed by atoms with Crippen molar-refractivity contribution in [3.8, 4) is 0 Å². The molecule has 82 valence electrons. The molecule has 0 amide bonds. The molecule has 0 radical (unpaired) electrons. The molecule has 0 aliphatic heterocycles. The summed E-state index contributed by atoms with van der Waals surface area (Å²) in [4.78, 5) is 2.10. The van der Waals surface area contributed by atoms with E-state index in [0.717, 1.165) is 13.1 Å². The minimum atomic E-state index is 0.936. The van der Waals surface area contributed by atoms with Crippen molar-refractivity contribution in [1.82, 2.24) is 5.32 Å². The molecule has 0 unspecified atom stereocenters. The summed E-state index contributed by atoms with van der Waals surface area (Å²) in [5.41, 5.74) is 2.48. The summed E-state index contributed by atoms with van der Waals surface area (Å²) < 4.78 is 0. The SMILES string of the molecule is CCNCC=Cc1ccc(N(C)C)cc1. The van der Waals surface area contributed by atoms with Crippen molar-refractivity contribution in [3.05, 3.63) is 35.9 Å². The van der Waals surface area contributed by atoms with Gasteiger partial charge in [0, 0.05) is 26.3 Å². The van der Waals surface area contributed by atoms with Crippen LogP contribution < -0.4 is 10.2 Å². The van der Waals surface area contributed by atoms with E-state index in [1.807, 2.05) is 0 Å². The van der Waals surface area contributed by atoms with E-state index in [0.29, 0.717) is 0 Å². The highest BCUT2D eigenvalue weighted by molar-refractivity contribution is 5.55. The standard InChI is InChI=1S/C13H20N2/c1-4-14-11-5-6-12-7-9-13(10-8-12)15(2)3/h5-10,14H,4,11H2,1-3H3. The molecular formula is C13H20N2.